The van der Waals surface area contributed by atoms with Crippen LogP contribution in [0.4, 0.5) is 8.78 Å². The lowest BCUT2D eigenvalue weighted by Gasteiger charge is -2.02. The number of hydrogen-bond donors (Lipinski definition) is 2. The zero-order chi connectivity index (χ0) is 11.0. The second-order valence-corrected chi connectivity index (χ2v) is 3.00. The van der Waals surface area contributed by atoms with Gasteiger partial charge in [-0.3, -0.25) is 4.79 Å². The molecule has 6 heteroatoms. The Kier molecular flexibility index (Phi) is 2.11. The second kappa shape index (κ2) is 3.30. The average Bonchev–Trinajstić information content (AvgIpc) is 2.62. The van der Waals surface area contributed by atoms with E-state index in [0.29, 0.717) is 11.0 Å². The Bertz CT molecular complexity index is 521. The summed E-state index contributed by atoms with van der Waals surface area (Å²) in [7, 11) is 0. The number of aromatic amines is 1. The fourth-order valence-corrected chi connectivity index (χ4v) is 1.37. The van der Waals surface area contributed by atoms with Gasteiger partial charge in [0.1, 0.15) is 5.69 Å². The minimum Gasteiger partial charge on any atom is -0.366 e. The predicted molar refractivity (Wildman–Crippen MR) is 49.6 cm³/mol. The molecule has 0 spiro atoms. The first kappa shape index (κ1) is 9.57. The molecule has 0 saturated carbocycles. The summed E-state index contributed by atoms with van der Waals surface area (Å²) in [4.78, 5) is 17.4. The Morgan fingerprint density at radius 2 is 2.27 bits per heavy atom. The molecule has 3 N–H and O–H groups in total. The maximum atomic E-state index is 12.4. The van der Waals surface area contributed by atoms with E-state index in [1.165, 1.54) is 12.3 Å². The van der Waals surface area contributed by atoms with Crippen molar-refractivity contribution < 1.29 is 13.6 Å². The Labute approximate surface area is 83.1 Å². The maximum Gasteiger partial charge on any atom is 0.280 e. The molecule has 0 atom stereocenters. The molecular weight excluding hydrogens is 204 g/mol. The van der Waals surface area contributed by atoms with Gasteiger partial charge in [-0.2, -0.15) is 0 Å². The van der Waals surface area contributed by atoms with E-state index in [2.05, 4.69) is 9.97 Å². The number of pyridine rings is 1. The molecule has 2 aromatic rings. The number of fused-ring (bicyclic) bond motifs is 1. The molecule has 0 saturated heterocycles. The van der Waals surface area contributed by atoms with Gasteiger partial charge in [-0.25, -0.2) is 13.8 Å². The van der Waals surface area contributed by atoms with Crippen molar-refractivity contribution in [2.45, 2.75) is 6.43 Å². The van der Waals surface area contributed by atoms with Gasteiger partial charge < -0.3 is 10.7 Å². The number of primary amides is 1. The van der Waals surface area contributed by atoms with E-state index < -0.39 is 18.0 Å². The number of nitrogens with zero attached hydrogens (tertiary/aromatic N) is 1. The summed E-state index contributed by atoms with van der Waals surface area (Å²) < 4.78 is 24.8. The number of alkyl halides is 2. The SMILES string of the molecule is NC(=O)c1cc(C(F)F)nc2cc[nH]c12. The largest absolute Gasteiger partial charge is 0.366 e. The van der Waals surface area contributed by atoms with Crippen molar-refractivity contribution in [3.8, 4) is 0 Å². The molecule has 0 fully saturated rings. The Morgan fingerprint density at radius 3 is 2.87 bits per heavy atom. The lowest BCUT2D eigenvalue weighted by molar-refractivity contribution is 0.100. The number of rotatable bonds is 2. The lowest BCUT2D eigenvalue weighted by atomic mass is 10.2. The predicted octanol–water partition coefficient (Wildman–Crippen LogP) is 1.60. The molecule has 0 unspecified atom stereocenters. The van der Waals surface area contributed by atoms with Gasteiger partial charge in [0.2, 0.25) is 0 Å². The number of amides is 1. The molecular formula is C9H7F2N3O. The number of H-pyrrole nitrogens is 1. The summed E-state index contributed by atoms with van der Waals surface area (Å²) in [6.07, 6.45) is -1.21. The molecule has 1 amide bonds. The van der Waals surface area contributed by atoms with Crippen LogP contribution in [0, 0.1) is 0 Å². The molecule has 15 heavy (non-hydrogen) atoms. The fraction of sp³-hybridized carbons (Fsp3) is 0.111. The minimum atomic E-state index is -2.72. The Balaban J connectivity index is 2.74. The van der Waals surface area contributed by atoms with Crippen LogP contribution >= 0.6 is 0 Å². The summed E-state index contributed by atoms with van der Waals surface area (Å²) in [5.74, 6) is -0.758. The van der Waals surface area contributed by atoms with Crippen molar-refractivity contribution >= 4 is 16.9 Å². The first-order chi connectivity index (χ1) is 7.09. The summed E-state index contributed by atoms with van der Waals surface area (Å²) in [5.41, 5.74) is 5.34. The highest BCUT2D eigenvalue weighted by molar-refractivity contribution is 6.04. The van der Waals surface area contributed by atoms with Crippen molar-refractivity contribution in [3.63, 3.8) is 0 Å². The highest BCUT2D eigenvalue weighted by atomic mass is 19.3. The zero-order valence-corrected chi connectivity index (χ0v) is 7.50. The van der Waals surface area contributed by atoms with E-state index in [-0.39, 0.29) is 5.56 Å². The normalized spacial score (nSPS) is 11.1. The Hall–Kier alpha value is -1.98. The molecule has 0 aliphatic heterocycles. The van der Waals surface area contributed by atoms with Crippen LogP contribution in [0.3, 0.4) is 0 Å². The van der Waals surface area contributed by atoms with Gasteiger partial charge in [0.25, 0.3) is 12.3 Å². The molecule has 0 aliphatic rings. The Morgan fingerprint density at radius 1 is 1.53 bits per heavy atom. The van der Waals surface area contributed by atoms with Crippen LogP contribution in [0.2, 0.25) is 0 Å². The molecule has 0 aromatic carbocycles. The van der Waals surface area contributed by atoms with Crippen molar-refractivity contribution in [2.24, 2.45) is 5.73 Å². The van der Waals surface area contributed by atoms with E-state index in [9.17, 15) is 13.6 Å². The van der Waals surface area contributed by atoms with Crippen molar-refractivity contribution in [3.05, 3.63) is 29.6 Å². The lowest BCUT2D eigenvalue weighted by Crippen LogP contribution is -2.12. The quantitative estimate of drug-likeness (QED) is 0.791. The van der Waals surface area contributed by atoms with Crippen molar-refractivity contribution in [1.29, 1.82) is 0 Å². The van der Waals surface area contributed by atoms with Crippen molar-refractivity contribution in [1.82, 2.24) is 9.97 Å². The van der Waals surface area contributed by atoms with Crippen molar-refractivity contribution in [2.75, 3.05) is 0 Å². The van der Waals surface area contributed by atoms with E-state index in [1.807, 2.05) is 0 Å². The monoisotopic (exact) mass is 211 g/mol. The van der Waals surface area contributed by atoms with E-state index in [0.717, 1.165) is 6.07 Å². The molecule has 2 rings (SSSR count). The summed E-state index contributed by atoms with van der Waals surface area (Å²) >= 11 is 0. The number of nitrogens with one attached hydrogen (secondary N) is 1. The topological polar surface area (TPSA) is 71.8 Å². The molecule has 4 nitrogen and oxygen atoms in total. The summed E-state index contributed by atoms with van der Waals surface area (Å²) in [6.45, 7) is 0. The standard InChI is InChI=1S/C9H7F2N3O/c10-8(11)6-3-4(9(12)15)7-5(14-6)1-2-13-7/h1-3,8,13H,(H2,12,15). The highest BCUT2D eigenvalue weighted by Gasteiger charge is 2.16. The van der Waals surface area contributed by atoms with E-state index in [1.54, 1.807) is 0 Å². The number of halogens is 2. The van der Waals surface area contributed by atoms with Crippen LogP contribution in [-0.4, -0.2) is 15.9 Å². The molecule has 0 radical (unpaired) electrons. The molecule has 2 aromatic heterocycles. The van der Waals surface area contributed by atoms with Gasteiger partial charge in [0.15, 0.2) is 0 Å². The van der Waals surface area contributed by atoms with Crippen LogP contribution in [0.1, 0.15) is 22.5 Å². The average molecular weight is 211 g/mol. The molecule has 0 bridgehead atoms. The van der Waals surface area contributed by atoms with Gasteiger partial charge >= 0.3 is 0 Å². The molecule has 78 valence electrons. The number of carbonyl (C=O) groups excluding carboxylic acids is 1. The van der Waals surface area contributed by atoms with Crippen LogP contribution in [0.5, 0.6) is 0 Å². The minimum absolute atomic E-state index is 0.0281. The van der Waals surface area contributed by atoms with Gasteiger partial charge in [-0.1, -0.05) is 0 Å². The molecule has 0 aliphatic carbocycles. The number of hydrogen-bond acceptors (Lipinski definition) is 2. The third-order valence-electron chi connectivity index (χ3n) is 2.03. The maximum absolute atomic E-state index is 12.4. The first-order valence-electron chi connectivity index (χ1n) is 4.15. The molecule has 2 heterocycles. The number of carbonyl (C=O) groups is 1. The van der Waals surface area contributed by atoms with E-state index >= 15 is 0 Å². The number of nitrogens with two attached hydrogens (primary N) is 1. The third kappa shape index (κ3) is 1.54. The third-order valence-corrected chi connectivity index (χ3v) is 2.03. The second-order valence-electron chi connectivity index (χ2n) is 3.00. The van der Waals surface area contributed by atoms with Crippen LogP contribution in [0.15, 0.2) is 18.3 Å². The van der Waals surface area contributed by atoms with Crippen LogP contribution in [0.25, 0.3) is 11.0 Å². The van der Waals surface area contributed by atoms with E-state index in [4.69, 9.17) is 5.73 Å². The number of aromatic nitrogens is 2. The fourth-order valence-electron chi connectivity index (χ4n) is 1.37. The summed E-state index contributed by atoms with van der Waals surface area (Å²) in [5, 5.41) is 0. The summed E-state index contributed by atoms with van der Waals surface area (Å²) in [6, 6.07) is 2.51. The first-order valence-corrected chi connectivity index (χ1v) is 4.15. The van der Waals surface area contributed by atoms with Crippen LogP contribution < -0.4 is 5.73 Å². The van der Waals surface area contributed by atoms with Crippen LogP contribution in [-0.2, 0) is 0 Å². The van der Waals surface area contributed by atoms with Gasteiger partial charge in [-0.15, -0.1) is 0 Å². The van der Waals surface area contributed by atoms with Gasteiger partial charge in [-0.05, 0) is 12.1 Å². The zero-order valence-electron chi connectivity index (χ0n) is 7.50. The smallest absolute Gasteiger partial charge is 0.280 e. The van der Waals surface area contributed by atoms with Gasteiger partial charge in [0, 0.05) is 6.20 Å². The highest BCUT2D eigenvalue weighted by Crippen LogP contribution is 2.22. The van der Waals surface area contributed by atoms with Gasteiger partial charge in [0.05, 0.1) is 16.6 Å².